The van der Waals surface area contributed by atoms with E-state index in [1.165, 1.54) is 0 Å². The zero-order chi connectivity index (χ0) is 14.7. The van der Waals surface area contributed by atoms with Crippen LogP contribution in [0.3, 0.4) is 0 Å². The van der Waals surface area contributed by atoms with Gasteiger partial charge in [-0.25, -0.2) is 0 Å². The largest absolute Gasteiger partial charge is 0.509 e. The lowest BCUT2D eigenvalue weighted by Crippen LogP contribution is -2.41. The molecule has 1 N–H and O–H groups in total. The Morgan fingerprint density at radius 2 is 1.95 bits per heavy atom. The van der Waals surface area contributed by atoms with Gasteiger partial charge < -0.3 is 14.7 Å². The molecule has 0 saturated carbocycles. The van der Waals surface area contributed by atoms with Crippen LogP contribution in [0.15, 0.2) is 36.1 Å². The van der Waals surface area contributed by atoms with Crippen LogP contribution in [0.25, 0.3) is 5.57 Å². The van der Waals surface area contributed by atoms with E-state index in [1.54, 1.807) is 12.0 Å². The summed E-state index contributed by atoms with van der Waals surface area (Å²) < 4.78 is 5.06. The first-order valence-electron chi connectivity index (χ1n) is 6.86. The van der Waals surface area contributed by atoms with Crippen molar-refractivity contribution in [3.63, 3.8) is 0 Å². The van der Waals surface area contributed by atoms with E-state index in [0.29, 0.717) is 18.7 Å². The van der Waals surface area contributed by atoms with Crippen LogP contribution in [0.2, 0.25) is 0 Å². The number of methoxy groups -OCH3 is 1. The molecule has 1 aliphatic heterocycles. The first-order chi connectivity index (χ1) is 9.57. The number of aliphatic hydroxyl groups excluding tert-OH is 1. The van der Waals surface area contributed by atoms with Crippen LogP contribution in [0.1, 0.15) is 19.4 Å². The van der Waals surface area contributed by atoms with Gasteiger partial charge in [0, 0.05) is 13.7 Å². The molecule has 108 valence electrons. The molecule has 0 spiro atoms. The number of benzene rings is 1. The molecule has 1 atom stereocenters. The molecule has 0 bridgehead atoms. The highest BCUT2D eigenvalue weighted by Gasteiger charge is 2.41. The van der Waals surface area contributed by atoms with Gasteiger partial charge in [-0.05, 0) is 11.5 Å². The zero-order valence-corrected chi connectivity index (χ0v) is 12.2. The number of carbonyl (C=O) groups excluding carboxylic acids is 1. The van der Waals surface area contributed by atoms with Crippen LogP contribution in [0.5, 0.6) is 0 Å². The van der Waals surface area contributed by atoms with Crippen molar-refractivity contribution < 1.29 is 14.6 Å². The maximum atomic E-state index is 12.6. The minimum Gasteiger partial charge on any atom is -0.509 e. The zero-order valence-electron chi connectivity index (χ0n) is 12.2. The summed E-state index contributed by atoms with van der Waals surface area (Å²) in [6.07, 6.45) is 0. The second kappa shape index (κ2) is 6.09. The van der Waals surface area contributed by atoms with Gasteiger partial charge in [0.1, 0.15) is 5.76 Å². The van der Waals surface area contributed by atoms with Gasteiger partial charge in [-0.15, -0.1) is 0 Å². The Hall–Kier alpha value is -1.81. The fourth-order valence-corrected chi connectivity index (χ4v) is 2.66. The number of carbonyl (C=O) groups is 1. The molecule has 0 aliphatic carbocycles. The first kappa shape index (κ1) is 14.6. The highest BCUT2D eigenvalue weighted by atomic mass is 16.5. The lowest BCUT2D eigenvalue weighted by Gasteiger charge is -2.27. The Labute approximate surface area is 119 Å². The van der Waals surface area contributed by atoms with Gasteiger partial charge in [-0.1, -0.05) is 44.2 Å². The summed E-state index contributed by atoms with van der Waals surface area (Å²) >= 11 is 0. The molecular weight excluding hydrogens is 254 g/mol. The molecule has 1 amide bonds. The molecule has 0 saturated heterocycles. The Bertz CT molecular complexity index is 508. The molecule has 1 heterocycles. The van der Waals surface area contributed by atoms with Crippen molar-refractivity contribution in [2.24, 2.45) is 5.92 Å². The van der Waals surface area contributed by atoms with Crippen molar-refractivity contribution in [1.82, 2.24) is 4.90 Å². The van der Waals surface area contributed by atoms with E-state index in [2.05, 4.69) is 0 Å². The lowest BCUT2D eigenvalue weighted by molar-refractivity contribution is -0.126. The van der Waals surface area contributed by atoms with Crippen LogP contribution in [0.4, 0.5) is 0 Å². The van der Waals surface area contributed by atoms with Crippen molar-refractivity contribution in [3.8, 4) is 0 Å². The van der Waals surface area contributed by atoms with Crippen LogP contribution in [-0.2, 0) is 9.53 Å². The average molecular weight is 275 g/mol. The average Bonchev–Trinajstić information content (AvgIpc) is 2.68. The van der Waals surface area contributed by atoms with Crippen LogP contribution >= 0.6 is 0 Å². The topological polar surface area (TPSA) is 49.8 Å². The molecule has 1 aromatic rings. The van der Waals surface area contributed by atoms with E-state index >= 15 is 0 Å². The quantitative estimate of drug-likeness (QED) is 0.898. The number of hydrogen-bond acceptors (Lipinski definition) is 3. The van der Waals surface area contributed by atoms with Gasteiger partial charge in [0.15, 0.2) is 0 Å². The third kappa shape index (κ3) is 2.56. The molecule has 0 radical (unpaired) electrons. The third-order valence-electron chi connectivity index (χ3n) is 3.58. The molecule has 0 aromatic heterocycles. The van der Waals surface area contributed by atoms with Crippen molar-refractivity contribution in [2.45, 2.75) is 19.9 Å². The molecule has 2 rings (SSSR count). The van der Waals surface area contributed by atoms with Gasteiger partial charge in [0.05, 0.1) is 18.2 Å². The van der Waals surface area contributed by atoms with Crippen molar-refractivity contribution in [2.75, 3.05) is 20.3 Å². The van der Waals surface area contributed by atoms with Crippen molar-refractivity contribution in [1.29, 1.82) is 0 Å². The monoisotopic (exact) mass is 275 g/mol. The summed E-state index contributed by atoms with van der Waals surface area (Å²) in [5, 5.41) is 10.5. The number of aliphatic hydroxyl groups is 1. The van der Waals surface area contributed by atoms with Gasteiger partial charge >= 0.3 is 0 Å². The summed E-state index contributed by atoms with van der Waals surface area (Å²) in [7, 11) is 1.61. The minimum absolute atomic E-state index is 0.121. The fourth-order valence-electron chi connectivity index (χ4n) is 2.66. The molecule has 4 nitrogen and oxygen atoms in total. The molecular formula is C16H21NO3. The number of rotatable bonds is 5. The van der Waals surface area contributed by atoms with Crippen LogP contribution < -0.4 is 0 Å². The summed E-state index contributed by atoms with van der Waals surface area (Å²) in [4.78, 5) is 14.3. The highest BCUT2D eigenvalue weighted by Crippen LogP contribution is 2.34. The van der Waals surface area contributed by atoms with E-state index in [9.17, 15) is 9.90 Å². The highest BCUT2D eigenvalue weighted by molar-refractivity contribution is 6.22. The Balaban J connectivity index is 2.38. The smallest absolute Gasteiger partial charge is 0.258 e. The Morgan fingerprint density at radius 1 is 1.30 bits per heavy atom. The van der Waals surface area contributed by atoms with Crippen molar-refractivity contribution in [3.05, 3.63) is 41.7 Å². The molecule has 0 fully saturated rings. The van der Waals surface area contributed by atoms with Crippen LogP contribution in [0, 0.1) is 5.92 Å². The van der Waals surface area contributed by atoms with Gasteiger partial charge in [0.2, 0.25) is 0 Å². The fraction of sp³-hybridized carbons (Fsp3) is 0.438. The SMILES string of the molecule is COCCN1C(=O)C(c2ccccc2)=C(O)C1C(C)C. The van der Waals surface area contributed by atoms with Crippen molar-refractivity contribution >= 4 is 11.5 Å². The summed E-state index contributed by atoms with van der Waals surface area (Å²) in [6, 6.07) is 9.05. The molecule has 1 unspecified atom stereocenters. The second-order valence-electron chi connectivity index (χ2n) is 5.31. The van der Waals surface area contributed by atoms with E-state index in [-0.39, 0.29) is 23.6 Å². The van der Waals surface area contributed by atoms with Gasteiger partial charge in [0.25, 0.3) is 5.91 Å². The molecule has 20 heavy (non-hydrogen) atoms. The minimum atomic E-state index is -0.271. The van der Waals surface area contributed by atoms with Crippen LogP contribution in [-0.4, -0.2) is 42.2 Å². The predicted octanol–water partition coefficient (Wildman–Crippen LogP) is 2.47. The molecule has 1 aromatic carbocycles. The lowest BCUT2D eigenvalue weighted by atomic mass is 9.99. The number of amides is 1. The Morgan fingerprint density at radius 3 is 2.50 bits per heavy atom. The maximum absolute atomic E-state index is 12.6. The van der Waals surface area contributed by atoms with Gasteiger partial charge in [-0.3, -0.25) is 4.79 Å². The summed E-state index contributed by atoms with van der Waals surface area (Å²) in [6.45, 7) is 4.95. The third-order valence-corrected chi connectivity index (χ3v) is 3.58. The molecule has 1 aliphatic rings. The number of nitrogens with zero attached hydrogens (tertiary/aromatic N) is 1. The Kier molecular flexibility index (Phi) is 4.45. The number of ether oxygens (including phenoxy) is 1. The second-order valence-corrected chi connectivity index (χ2v) is 5.31. The standard InChI is InChI=1S/C16H21NO3/c1-11(2)14-15(18)13(12-7-5-4-6-8-12)16(19)17(14)9-10-20-3/h4-8,11,14,18H,9-10H2,1-3H3. The predicted molar refractivity (Wildman–Crippen MR) is 78.2 cm³/mol. The first-order valence-corrected chi connectivity index (χ1v) is 6.86. The van der Waals surface area contributed by atoms with E-state index in [0.717, 1.165) is 5.56 Å². The number of hydrogen-bond donors (Lipinski definition) is 1. The van der Waals surface area contributed by atoms with E-state index in [1.807, 2.05) is 44.2 Å². The summed E-state index contributed by atoms with van der Waals surface area (Å²) in [5.41, 5.74) is 1.18. The van der Waals surface area contributed by atoms with E-state index in [4.69, 9.17) is 4.74 Å². The van der Waals surface area contributed by atoms with Gasteiger partial charge in [-0.2, -0.15) is 0 Å². The normalized spacial score (nSPS) is 19.3. The maximum Gasteiger partial charge on any atom is 0.258 e. The van der Waals surface area contributed by atoms with E-state index < -0.39 is 0 Å². The molecule has 4 heteroatoms. The summed E-state index contributed by atoms with van der Waals surface area (Å²) in [5.74, 6) is 0.203.